The van der Waals surface area contributed by atoms with Crippen LogP contribution in [-0.4, -0.2) is 39.8 Å². The quantitative estimate of drug-likeness (QED) is 0.560. The maximum atomic E-state index is 11.1. The summed E-state index contributed by atoms with van der Waals surface area (Å²) >= 11 is 0. The van der Waals surface area contributed by atoms with Crippen LogP contribution in [0, 0.1) is 11.8 Å². The molecule has 2 fully saturated rings. The first-order valence-corrected chi connectivity index (χ1v) is 10.7. The van der Waals surface area contributed by atoms with E-state index in [9.17, 15) is 4.79 Å². The van der Waals surface area contributed by atoms with Crippen molar-refractivity contribution in [1.82, 2.24) is 0 Å². The van der Waals surface area contributed by atoms with E-state index in [1.165, 1.54) is 0 Å². The highest BCUT2D eigenvalue weighted by molar-refractivity contribution is 6.73. The third-order valence-electron chi connectivity index (χ3n) is 5.39. The van der Waals surface area contributed by atoms with Crippen LogP contribution < -0.4 is 0 Å². The summed E-state index contributed by atoms with van der Waals surface area (Å²) in [6.07, 6.45) is 1.94. The van der Waals surface area contributed by atoms with E-state index in [0.29, 0.717) is 12.5 Å². The first kappa shape index (κ1) is 19.1. The normalized spacial score (nSPS) is 36.2. The summed E-state index contributed by atoms with van der Waals surface area (Å²) in [4.78, 5) is 11.1. The third-order valence-corrected chi connectivity index (χ3v) is 10.5. The summed E-state index contributed by atoms with van der Waals surface area (Å²) in [7, 11) is -2.43. The van der Waals surface area contributed by atoms with Gasteiger partial charge in [0.1, 0.15) is 12.4 Å². The van der Waals surface area contributed by atoms with Gasteiger partial charge < -0.3 is 18.4 Å². The van der Waals surface area contributed by atoms with Gasteiger partial charge in [-0.15, -0.1) is 0 Å². The predicted octanol–water partition coefficient (Wildman–Crippen LogP) is 4.07. The summed E-state index contributed by atoms with van der Waals surface area (Å²) in [5.41, 5.74) is 0. The van der Waals surface area contributed by atoms with Crippen molar-refractivity contribution >= 4 is 14.8 Å². The Bertz CT molecular complexity index is 423. The first-order valence-electron chi connectivity index (χ1n) is 8.85. The van der Waals surface area contributed by atoms with Crippen LogP contribution in [0.2, 0.25) is 10.1 Å². The maximum Gasteiger partial charge on any atom is 0.349 e. The van der Waals surface area contributed by atoms with Crippen LogP contribution in [0.1, 0.15) is 61.8 Å². The molecule has 2 heterocycles. The van der Waals surface area contributed by atoms with Crippen LogP contribution in [-0.2, 0) is 18.4 Å². The van der Waals surface area contributed by atoms with E-state index in [4.69, 9.17) is 13.6 Å². The van der Waals surface area contributed by atoms with E-state index in [2.05, 4.69) is 48.5 Å². The van der Waals surface area contributed by atoms with Crippen LogP contribution in [0.3, 0.4) is 0 Å². The highest BCUT2D eigenvalue weighted by Crippen LogP contribution is 2.55. The lowest BCUT2D eigenvalue weighted by atomic mass is 9.85. The van der Waals surface area contributed by atoms with E-state index in [-0.39, 0.29) is 34.3 Å². The third kappa shape index (κ3) is 3.30. The number of hydrogen-bond acceptors (Lipinski definition) is 4. The van der Waals surface area contributed by atoms with Gasteiger partial charge in [0, 0.05) is 16.0 Å². The number of ether oxygens (including phenoxy) is 1. The van der Waals surface area contributed by atoms with Gasteiger partial charge in [-0.3, -0.25) is 0 Å². The molecule has 0 bridgehead atoms. The maximum absolute atomic E-state index is 11.1. The standard InChI is InChI=1S/C18H34O4Si/c1-12-9-14-15(21-16(12)13(2)10-19)11-20-23(22-14,17(3,4)5)18(6,7)8/h10,12-16H,9,11H2,1-8H3/t12-,13+,14+,15+,16+/m0/s1. The van der Waals surface area contributed by atoms with Gasteiger partial charge in [0.15, 0.2) is 0 Å². The van der Waals surface area contributed by atoms with Gasteiger partial charge in [-0.25, -0.2) is 0 Å². The van der Waals surface area contributed by atoms with E-state index in [1.54, 1.807) is 0 Å². The lowest BCUT2D eigenvalue weighted by Gasteiger charge is -2.56. The predicted molar refractivity (Wildman–Crippen MR) is 93.7 cm³/mol. The molecule has 0 aromatic carbocycles. The second-order valence-corrected chi connectivity index (χ2v) is 14.2. The molecule has 0 aromatic rings. The average Bonchev–Trinajstić information content (AvgIpc) is 2.42. The van der Waals surface area contributed by atoms with E-state index in [0.717, 1.165) is 12.7 Å². The SMILES string of the molecule is C[C@H](C=O)[C@@H]1O[C@@H]2CO[Si](C(C)(C)C)(C(C)(C)C)O[C@@H]2C[C@@H]1C. The van der Waals surface area contributed by atoms with Gasteiger partial charge in [-0.1, -0.05) is 55.4 Å². The summed E-state index contributed by atoms with van der Waals surface area (Å²) in [6.45, 7) is 18.1. The summed E-state index contributed by atoms with van der Waals surface area (Å²) in [6, 6.07) is 0. The minimum atomic E-state index is -2.43. The van der Waals surface area contributed by atoms with Gasteiger partial charge in [-0.2, -0.15) is 0 Å². The van der Waals surface area contributed by atoms with Gasteiger partial charge in [0.25, 0.3) is 0 Å². The molecule has 2 saturated heterocycles. The molecule has 0 unspecified atom stereocenters. The first-order chi connectivity index (χ1) is 10.4. The molecular formula is C18H34O4Si. The van der Waals surface area contributed by atoms with Crippen molar-refractivity contribution < 1.29 is 18.4 Å². The molecule has 0 spiro atoms. The smallest absolute Gasteiger partial charge is 0.349 e. The van der Waals surface area contributed by atoms with Gasteiger partial charge in [-0.05, 0) is 12.3 Å². The number of carbonyl (C=O) groups is 1. The molecule has 0 N–H and O–H groups in total. The Morgan fingerprint density at radius 2 is 1.65 bits per heavy atom. The Labute approximate surface area is 142 Å². The van der Waals surface area contributed by atoms with Crippen LogP contribution in [0.15, 0.2) is 0 Å². The van der Waals surface area contributed by atoms with Crippen LogP contribution in [0.25, 0.3) is 0 Å². The number of aldehydes is 1. The number of carbonyl (C=O) groups excluding carboxylic acids is 1. The Kier molecular flexibility index (Phi) is 5.19. The van der Waals surface area contributed by atoms with Gasteiger partial charge in [0.05, 0.1) is 18.8 Å². The molecular weight excluding hydrogens is 308 g/mol. The van der Waals surface area contributed by atoms with Crippen molar-refractivity contribution in [2.24, 2.45) is 11.8 Å². The largest absolute Gasteiger partial charge is 0.391 e. The second kappa shape index (κ2) is 6.25. The topological polar surface area (TPSA) is 44.8 Å². The van der Waals surface area contributed by atoms with Gasteiger partial charge in [0.2, 0.25) is 0 Å². The van der Waals surface area contributed by atoms with Crippen molar-refractivity contribution in [3.63, 3.8) is 0 Å². The minimum absolute atomic E-state index is 0.00754. The molecule has 0 amide bonds. The van der Waals surface area contributed by atoms with Crippen LogP contribution in [0.4, 0.5) is 0 Å². The molecule has 134 valence electrons. The zero-order chi connectivity index (χ0) is 17.6. The molecule has 2 aliphatic heterocycles. The fourth-order valence-corrected chi connectivity index (χ4v) is 9.39. The zero-order valence-corrected chi connectivity index (χ0v) is 17.0. The Morgan fingerprint density at radius 1 is 1.09 bits per heavy atom. The molecule has 0 aliphatic carbocycles. The van der Waals surface area contributed by atoms with Crippen LogP contribution in [0.5, 0.6) is 0 Å². The highest BCUT2D eigenvalue weighted by atomic mass is 28.4. The minimum Gasteiger partial charge on any atom is -0.391 e. The molecule has 2 aliphatic rings. The molecule has 4 nitrogen and oxygen atoms in total. The molecule has 5 atom stereocenters. The zero-order valence-electron chi connectivity index (χ0n) is 16.0. The van der Waals surface area contributed by atoms with E-state index < -0.39 is 8.56 Å². The summed E-state index contributed by atoms with van der Waals surface area (Å²) < 4.78 is 19.4. The fourth-order valence-electron chi connectivity index (χ4n) is 4.42. The average molecular weight is 343 g/mol. The summed E-state index contributed by atoms with van der Waals surface area (Å²) in [5, 5.41) is -0.0151. The number of fused-ring (bicyclic) bond motifs is 1. The van der Waals surface area contributed by atoms with E-state index >= 15 is 0 Å². The lowest BCUT2D eigenvalue weighted by Crippen LogP contribution is -2.67. The molecule has 2 rings (SSSR count). The molecule has 5 heteroatoms. The molecule has 23 heavy (non-hydrogen) atoms. The highest BCUT2D eigenvalue weighted by Gasteiger charge is 2.62. The van der Waals surface area contributed by atoms with Crippen molar-refractivity contribution in [3.05, 3.63) is 0 Å². The lowest BCUT2D eigenvalue weighted by molar-refractivity contribution is -0.190. The van der Waals surface area contributed by atoms with E-state index in [1.807, 2.05) is 6.92 Å². The monoisotopic (exact) mass is 342 g/mol. The number of rotatable bonds is 2. The second-order valence-electron chi connectivity index (χ2n) is 9.43. The van der Waals surface area contributed by atoms with Crippen molar-refractivity contribution in [2.75, 3.05) is 6.61 Å². The van der Waals surface area contributed by atoms with Crippen LogP contribution >= 0.6 is 0 Å². The van der Waals surface area contributed by atoms with Crippen molar-refractivity contribution in [3.8, 4) is 0 Å². The molecule has 0 saturated carbocycles. The Balaban J connectivity index is 2.23. The van der Waals surface area contributed by atoms with Crippen molar-refractivity contribution in [1.29, 1.82) is 0 Å². The number of hydrogen-bond donors (Lipinski definition) is 0. The molecule has 0 radical (unpaired) electrons. The summed E-state index contributed by atoms with van der Waals surface area (Å²) in [5.74, 6) is 0.237. The Hall–Kier alpha value is -0.233. The Morgan fingerprint density at radius 3 is 2.13 bits per heavy atom. The van der Waals surface area contributed by atoms with Crippen molar-refractivity contribution in [2.45, 2.75) is 90.2 Å². The van der Waals surface area contributed by atoms with Gasteiger partial charge >= 0.3 is 8.56 Å². The fraction of sp³-hybridized carbons (Fsp3) is 0.944. The molecule has 0 aromatic heterocycles.